The average Bonchev–Trinajstić information content (AvgIpc) is 2.38. The first-order chi connectivity index (χ1) is 9.86. The number of hydrogen-bond donors (Lipinski definition) is 1. The Hall–Kier alpha value is -1.36. The van der Waals surface area contributed by atoms with Crippen LogP contribution in [0.4, 0.5) is 10.1 Å². The van der Waals surface area contributed by atoms with Crippen LogP contribution in [0.15, 0.2) is 24.3 Å². The van der Waals surface area contributed by atoms with Crippen molar-refractivity contribution < 1.29 is 9.18 Å². The van der Waals surface area contributed by atoms with Gasteiger partial charge in [0, 0.05) is 21.3 Å². The van der Waals surface area contributed by atoms with E-state index in [-0.39, 0.29) is 17.3 Å². The monoisotopic (exact) mass is 346 g/mol. The van der Waals surface area contributed by atoms with Gasteiger partial charge >= 0.3 is 0 Å². The van der Waals surface area contributed by atoms with Gasteiger partial charge in [-0.05, 0) is 31.2 Å². The van der Waals surface area contributed by atoms with E-state index < -0.39 is 11.7 Å². The van der Waals surface area contributed by atoms with E-state index in [1.165, 1.54) is 18.2 Å². The number of amides is 1. The second kappa shape index (κ2) is 6.60. The van der Waals surface area contributed by atoms with E-state index in [1.54, 1.807) is 13.0 Å². The molecule has 2 aromatic rings. The molecule has 0 atom stereocenters. The molecule has 0 bridgehead atoms. The Kier molecular flexibility index (Phi) is 5.04. The highest BCUT2D eigenvalue weighted by molar-refractivity contribution is 6.35. The van der Waals surface area contributed by atoms with Gasteiger partial charge in [0.15, 0.2) is 0 Å². The predicted molar refractivity (Wildman–Crippen MR) is 82.7 cm³/mol. The van der Waals surface area contributed by atoms with E-state index in [1.807, 2.05) is 0 Å². The largest absolute Gasteiger partial charge is 0.323 e. The maximum atomic E-state index is 13.5. The number of nitrogens with zero attached hydrogens (tertiary/aromatic N) is 1. The maximum Gasteiger partial charge on any atom is 0.229 e. The van der Waals surface area contributed by atoms with Crippen molar-refractivity contribution in [2.24, 2.45) is 0 Å². The Balaban J connectivity index is 2.17. The average molecular weight is 348 g/mol. The van der Waals surface area contributed by atoms with Crippen molar-refractivity contribution in [3.05, 3.63) is 56.5 Å². The molecule has 1 heterocycles. The van der Waals surface area contributed by atoms with Crippen molar-refractivity contribution in [2.75, 3.05) is 5.32 Å². The molecule has 110 valence electrons. The van der Waals surface area contributed by atoms with Crippen LogP contribution in [0.1, 0.15) is 11.3 Å². The molecule has 0 aliphatic rings. The number of benzene rings is 1. The van der Waals surface area contributed by atoms with E-state index in [9.17, 15) is 9.18 Å². The molecule has 0 aliphatic heterocycles. The number of pyridine rings is 1. The van der Waals surface area contributed by atoms with Crippen LogP contribution in [0.25, 0.3) is 0 Å². The van der Waals surface area contributed by atoms with Crippen molar-refractivity contribution in [3.8, 4) is 0 Å². The summed E-state index contributed by atoms with van der Waals surface area (Å²) in [6.07, 6.45) is -0.114. The molecule has 2 rings (SSSR count). The molecule has 0 fully saturated rings. The highest BCUT2D eigenvalue weighted by atomic mass is 35.5. The third-order valence-electron chi connectivity index (χ3n) is 2.69. The summed E-state index contributed by atoms with van der Waals surface area (Å²) in [7, 11) is 0. The van der Waals surface area contributed by atoms with Gasteiger partial charge in [0.1, 0.15) is 11.0 Å². The van der Waals surface area contributed by atoms with E-state index in [2.05, 4.69) is 10.3 Å². The normalized spacial score (nSPS) is 10.5. The standard InChI is InChI=1S/C14H10Cl3FN2O/c1-7-4-10(16)9(14(17)19-7)6-13(21)20-12-5-8(15)2-3-11(12)18/h2-5H,6H2,1H3,(H,20,21). The molecular formula is C14H10Cl3FN2O. The smallest absolute Gasteiger partial charge is 0.229 e. The molecule has 21 heavy (non-hydrogen) atoms. The quantitative estimate of drug-likeness (QED) is 0.820. The van der Waals surface area contributed by atoms with Gasteiger partial charge in [-0.3, -0.25) is 4.79 Å². The molecular weight excluding hydrogens is 338 g/mol. The molecule has 1 aromatic heterocycles. The molecule has 0 saturated heterocycles. The lowest BCUT2D eigenvalue weighted by atomic mass is 10.2. The number of carbonyl (C=O) groups is 1. The lowest BCUT2D eigenvalue weighted by Crippen LogP contribution is -2.16. The molecule has 3 nitrogen and oxygen atoms in total. The van der Waals surface area contributed by atoms with Crippen molar-refractivity contribution in [1.82, 2.24) is 4.98 Å². The summed E-state index contributed by atoms with van der Waals surface area (Å²) in [5.74, 6) is -1.04. The van der Waals surface area contributed by atoms with Gasteiger partial charge in [0.2, 0.25) is 5.91 Å². The van der Waals surface area contributed by atoms with Crippen molar-refractivity contribution in [2.45, 2.75) is 13.3 Å². The zero-order valence-corrected chi connectivity index (χ0v) is 13.2. The SMILES string of the molecule is Cc1cc(Cl)c(CC(=O)Nc2cc(Cl)ccc2F)c(Cl)n1. The zero-order valence-electron chi connectivity index (χ0n) is 10.9. The van der Waals surface area contributed by atoms with Crippen molar-refractivity contribution in [1.29, 1.82) is 0 Å². The van der Waals surface area contributed by atoms with Crippen molar-refractivity contribution >= 4 is 46.4 Å². The second-order valence-electron chi connectivity index (χ2n) is 4.36. The third-order valence-corrected chi connectivity index (χ3v) is 3.57. The topological polar surface area (TPSA) is 42.0 Å². The van der Waals surface area contributed by atoms with Gasteiger partial charge in [-0.15, -0.1) is 0 Å². The minimum Gasteiger partial charge on any atom is -0.323 e. The minimum absolute atomic E-state index is 0.000171. The number of halogens is 4. The summed E-state index contributed by atoms with van der Waals surface area (Å²) in [6.45, 7) is 1.74. The molecule has 0 saturated carbocycles. The first kappa shape index (κ1) is 16.0. The number of hydrogen-bond acceptors (Lipinski definition) is 2. The van der Waals surface area contributed by atoms with Crippen LogP contribution in [-0.4, -0.2) is 10.9 Å². The van der Waals surface area contributed by atoms with Gasteiger partial charge in [0.05, 0.1) is 12.1 Å². The molecule has 7 heteroatoms. The van der Waals surface area contributed by atoms with E-state index >= 15 is 0 Å². The van der Waals surface area contributed by atoms with E-state index in [4.69, 9.17) is 34.8 Å². The molecule has 0 spiro atoms. The van der Waals surface area contributed by atoms with Crippen molar-refractivity contribution in [3.63, 3.8) is 0 Å². The Labute approximate surface area is 136 Å². The van der Waals surface area contributed by atoms with E-state index in [0.717, 1.165) is 0 Å². The first-order valence-electron chi connectivity index (χ1n) is 5.93. The highest BCUT2D eigenvalue weighted by Crippen LogP contribution is 2.25. The number of nitrogens with one attached hydrogen (secondary N) is 1. The van der Waals surface area contributed by atoms with Crippen LogP contribution in [0, 0.1) is 12.7 Å². The fraction of sp³-hybridized carbons (Fsp3) is 0.143. The Morgan fingerprint density at radius 1 is 1.29 bits per heavy atom. The van der Waals surface area contributed by atoms with Crippen LogP contribution >= 0.6 is 34.8 Å². The predicted octanol–water partition coefficient (Wildman–Crippen LogP) is 4.67. The van der Waals surface area contributed by atoms with Crippen LogP contribution in [-0.2, 0) is 11.2 Å². The number of aryl methyl sites for hydroxylation is 1. The number of rotatable bonds is 3. The Bertz CT molecular complexity index is 684. The van der Waals surface area contributed by atoms with E-state index in [0.29, 0.717) is 21.3 Å². The Morgan fingerprint density at radius 2 is 2.00 bits per heavy atom. The lowest BCUT2D eigenvalue weighted by molar-refractivity contribution is -0.115. The van der Waals surface area contributed by atoms with Gasteiger partial charge in [0.25, 0.3) is 0 Å². The second-order valence-corrected chi connectivity index (χ2v) is 5.57. The summed E-state index contributed by atoms with van der Waals surface area (Å²) in [6, 6.07) is 5.50. The van der Waals surface area contributed by atoms with Crippen LogP contribution in [0.2, 0.25) is 15.2 Å². The summed E-state index contributed by atoms with van der Waals surface area (Å²) in [4.78, 5) is 16.0. The van der Waals surface area contributed by atoms with Gasteiger partial charge in [-0.2, -0.15) is 0 Å². The Morgan fingerprint density at radius 3 is 2.67 bits per heavy atom. The molecule has 1 aromatic carbocycles. The number of carbonyl (C=O) groups excluding carboxylic acids is 1. The van der Waals surface area contributed by atoms with Crippen LogP contribution in [0.5, 0.6) is 0 Å². The van der Waals surface area contributed by atoms with Gasteiger partial charge in [-0.25, -0.2) is 9.37 Å². The highest BCUT2D eigenvalue weighted by Gasteiger charge is 2.14. The molecule has 0 aliphatic carbocycles. The first-order valence-corrected chi connectivity index (χ1v) is 7.06. The van der Waals surface area contributed by atoms with Crippen LogP contribution < -0.4 is 5.32 Å². The van der Waals surface area contributed by atoms with Gasteiger partial charge in [-0.1, -0.05) is 34.8 Å². The van der Waals surface area contributed by atoms with Crippen LogP contribution in [0.3, 0.4) is 0 Å². The summed E-state index contributed by atoms with van der Waals surface area (Å²) < 4.78 is 13.5. The zero-order chi connectivity index (χ0) is 15.6. The third kappa shape index (κ3) is 4.06. The lowest BCUT2D eigenvalue weighted by Gasteiger charge is -2.09. The molecule has 0 radical (unpaired) electrons. The minimum atomic E-state index is -0.577. The number of anilines is 1. The molecule has 1 N–H and O–H groups in total. The number of aromatic nitrogens is 1. The summed E-state index contributed by atoms with van der Waals surface area (Å²) in [5, 5.41) is 3.24. The molecule has 0 unspecified atom stereocenters. The summed E-state index contributed by atoms with van der Waals surface area (Å²) in [5.41, 5.74) is 1.04. The fourth-order valence-corrected chi connectivity index (χ4v) is 2.57. The van der Waals surface area contributed by atoms with Gasteiger partial charge < -0.3 is 5.32 Å². The molecule has 1 amide bonds. The maximum absolute atomic E-state index is 13.5. The summed E-state index contributed by atoms with van der Waals surface area (Å²) >= 11 is 17.8. The fourth-order valence-electron chi connectivity index (χ4n) is 1.73.